The first-order valence-electron chi connectivity index (χ1n) is 11.9. The van der Waals surface area contributed by atoms with Crippen LogP contribution in [0.25, 0.3) is 0 Å². The number of piperidine rings is 1. The van der Waals surface area contributed by atoms with E-state index >= 15 is 0 Å². The van der Waals surface area contributed by atoms with E-state index in [2.05, 4.69) is 5.16 Å². The number of rotatable bonds is 3. The number of ether oxygens (including phenoxy) is 1. The van der Waals surface area contributed by atoms with Crippen LogP contribution in [0.1, 0.15) is 68.3 Å². The number of hydrogen-bond donors (Lipinski definition) is 2. The van der Waals surface area contributed by atoms with E-state index in [1.54, 1.807) is 6.08 Å². The number of carbonyl (C=O) groups is 2. The number of cyclic esters (lactones) is 1. The molecule has 1 aromatic carbocycles. The van der Waals surface area contributed by atoms with Crippen LogP contribution in [0, 0.1) is 0 Å². The molecule has 2 aliphatic heterocycles. The Morgan fingerprint density at radius 3 is 2.59 bits per heavy atom. The van der Waals surface area contributed by atoms with Gasteiger partial charge in [-0.3, -0.25) is 4.79 Å². The van der Waals surface area contributed by atoms with Gasteiger partial charge in [-0.1, -0.05) is 23.4 Å². The molecule has 0 aromatic heterocycles. The number of likely N-dealkylation sites (tertiary alicyclic amines) is 1. The molecule has 0 aliphatic carbocycles. The van der Waals surface area contributed by atoms with E-state index in [1.165, 1.54) is 6.07 Å². The predicted molar refractivity (Wildman–Crippen MR) is 129 cm³/mol. The standard InChI is InChI=1S/C26H34N2O6/c1-18-10-9-11-19(2)28(18)24(31)17-34-27-21-12-7-5-3-4-6-8-13-33-26(32)25-20(14-21)15-22(29)16-23(25)30/h4,6-7,12,15-16,18-19,29-30H,3,5,8-11,13-14,17H2,1-2H3/b6-4+,12-7+,27-21?. The Morgan fingerprint density at radius 2 is 1.82 bits per heavy atom. The second-order valence-electron chi connectivity index (χ2n) is 8.84. The summed E-state index contributed by atoms with van der Waals surface area (Å²) in [7, 11) is 0. The molecule has 0 saturated carbocycles. The van der Waals surface area contributed by atoms with Gasteiger partial charge < -0.3 is 24.7 Å². The summed E-state index contributed by atoms with van der Waals surface area (Å²) in [6, 6.07) is 2.83. The van der Waals surface area contributed by atoms with E-state index in [0.29, 0.717) is 17.7 Å². The van der Waals surface area contributed by atoms with Gasteiger partial charge in [0.2, 0.25) is 0 Å². The number of fused-ring (bicyclic) bond motifs is 1. The molecule has 0 radical (unpaired) electrons. The van der Waals surface area contributed by atoms with Crippen molar-refractivity contribution < 1.29 is 29.4 Å². The van der Waals surface area contributed by atoms with E-state index in [0.717, 1.165) is 38.2 Å². The quantitative estimate of drug-likeness (QED) is 0.388. The fraction of sp³-hybridized carbons (Fsp3) is 0.500. The van der Waals surface area contributed by atoms with Gasteiger partial charge in [0.25, 0.3) is 5.91 Å². The molecule has 2 heterocycles. The van der Waals surface area contributed by atoms with Gasteiger partial charge in [-0.25, -0.2) is 4.79 Å². The Labute approximate surface area is 200 Å². The highest BCUT2D eigenvalue weighted by Gasteiger charge is 2.29. The summed E-state index contributed by atoms with van der Waals surface area (Å²) in [6.45, 7) is 4.09. The molecule has 34 heavy (non-hydrogen) atoms. The average molecular weight is 471 g/mol. The third-order valence-electron chi connectivity index (χ3n) is 6.11. The van der Waals surface area contributed by atoms with Crippen LogP contribution in [0.3, 0.4) is 0 Å². The summed E-state index contributed by atoms with van der Waals surface area (Å²) in [5.74, 6) is -1.33. The Hall–Kier alpha value is -3.29. The molecule has 2 aliphatic rings. The van der Waals surface area contributed by atoms with Gasteiger partial charge in [0.1, 0.15) is 17.1 Å². The first-order valence-corrected chi connectivity index (χ1v) is 11.9. The Kier molecular flexibility index (Phi) is 9.13. The number of amides is 1. The van der Waals surface area contributed by atoms with E-state index in [9.17, 15) is 19.8 Å². The zero-order valence-electron chi connectivity index (χ0n) is 19.9. The number of hydrogen-bond acceptors (Lipinski definition) is 7. The van der Waals surface area contributed by atoms with Crippen molar-refractivity contribution in [2.45, 2.75) is 70.9 Å². The van der Waals surface area contributed by atoms with Crippen molar-refractivity contribution >= 4 is 17.6 Å². The molecule has 0 spiro atoms. The van der Waals surface area contributed by atoms with Crippen LogP contribution < -0.4 is 0 Å². The lowest BCUT2D eigenvalue weighted by atomic mass is 9.97. The smallest absolute Gasteiger partial charge is 0.342 e. The fourth-order valence-corrected chi connectivity index (χ4v) is 4.46. The number of carbonyl (C=O) groups excluding carboxylic acids is 2. The van der Waals surface area contributed by atoms with E-state index in [1.807, 2.05) is 37.0 Å². The molecule has 1 aromatic rings. The molecular weight excluding hydrogens is 436 g/mol. The number of nitrogens with zero attached hydrogens (tertiary/aromatic N) is 2. The molecule has 2 atom stereocenters. The lowest BCUT2D eigenvalue weighted by molar-refractivity contribution is -0.142. The van der Waals surface area contributed by atoms with Gasteiger partial charge in [-0.2, -0.15) is 0 Å². The van der Waals surface area contributed by atoms with E-state index in [-0.39, 0.29) is 54.7 Å². The number of oxime groups is 1. The molecule has 0 bridgehead atoms. The van der Waals surface area contributed by atoms with Gasteiger partial charge in [0, 0.05) is 24.6 Å². The van der Waals surface area contributed by atoms with Crippen molar-refractivity contribution in [3.05, 3.63) is 47.6 Å². The van der Waals surface area contributed by atoms with Crippen LogP contribution in [0.2, 0.25) is 0 Å². The van der Waals surface area contributed by atoms with Crippen LogP contribution in [0.4, 0.5) is 0 Å². The lowest BCUT2D eigenvalue weighted by Gasteiger charge is -2.38. The molecular formula is C26H34N2O6. The topological polar surface area (TPSA) is 109 Å². The van der Waals surface area contributed by atoms with Crippen LogP contribution >= 0.6 is 0 Å². The van der Waals surface area contributed by atoms with Gasteiger partial charge >= 0.3 is 5.97 Å². The number of phenols is 2. The number of allylic oxidation sites excluding steroid dienone is 3. The Bertz CT molecular complexity index is 958. The van der Waals surface area contributed by atoms with E-state index in [4.69, 9.17) is 9.57 Å². The molecule has 8 heteroatoms. The molecule has 2 N–H and O–H groups in total. The van der Waals surface area contributed by atoms with Crippen molar-refractivity contribution in [3.8, 4) is 11.5 Å². The summed E-state index contributed by atoms with van der Waals surface area (Å²) in [6.07, 6.45) is 13.0. The van der Waals surface area contributed by atoms with Crippen molar-refractivity contribution in [1.29, 1.82) is 0 Å². The monoisotopic (exact) mass is 470 g/mol. The van der Waals surface area contributed by atoms with Gasteiger partial charge in [-0.15, -0.1) is 0 Å². The molecule has 3 rings (SSSR count). The maximum atomic E-state index is 12.7. The molecule has 2 unspecified atom stereocenters. The summed E-state index contributed by atoms with van der Waals surface area (Å²) in [4.78, 5) is 32.7. The number of benzene rings is 1. The molecule has 1 fully saturated rings. The predicted octanol–water partition coefficient (Wildman–Crippen LogP) is 4.26. The summed E-state index contributed by atoms with van der Waals surface area (Å²) in [5.41, 5.74) is 0.784. The van der Waals surface area contributed by atoms with Crippen LogP contribution in [0.5, 0.6) is 11.5 Å². The maximum Gasteiger partial charge on any atom is 0.342 e. The van der Waals surface area contributed by atoms with Crippen molar-refractivity contribution in [2.24, 2.45) is 5.16 Å². The van der Waals surface area contributed by atoms with Crippen molar-refractivity contribution in [1.82, 2.24) is 4.90 Å². The highest BCUT2D eigenvalue weighted by molar-refractivity contribution is 6.00. The highest BCUT2D eigenvalue weighted by atomic mass is 16.6. The minimum Gasteiger partial charge on any atom is -0.508 e. The Morgan fingerprint density at radius 1 is 1.12 bits per heavy atom. The molecule has 1 amide bonds. The second-order valence-corrected chi connectivity index (χ2v) is 8.84. The Balaban J connectivity index is 1.82. The second kappa shape index (κ2) is 12.3. The normalized spacial score (nSPS) is 25.1. The maximum absolute atomic E-state index is 12.7. The zero-order valence-corrected chi connectivity index (χ0v) is 19.9. The highest BCUT2D eigenvalue weighted by Crippen LogP contribution is 2.29. The van der Waals surface area contributed by atoms with Gasteiger partial charge in [-0.05, 0) is 70.1 Å². The largest absolute Gasteiger partial charge is 0.508 e. The summed E-state index contributed by atoms with van der Waals surface area (Å²) in [5, 5.41) is 24.5. The van der Waals surface area contributed by atoms with Gasteiger partial charge in [0.05, 0.1) is 12.3 Å². The minimum atomic E-state index is -0.676. The van der Waals surface area contributed by atoms with Crippen molar-refractivity contribution in [2.75, 3.05) is 13.2 Å². The van der Waals surface area contributed by atoms with Gasteiger partial charge in [0.15, 0.2) is 6.61 Å². The third kappa shape index (κ3) is 6.85. The fourth-order valence-electron chi connectivity index (χ4n) is 4.46. The lowest BCUT2D eigenvalue weighted by Crippen LogP contribution is -2.48. The van der Waals surface area contributed by atoms with Crippen LogP contribution in [0.15, 0.2) is 41.6 Å². The molecule has 184 valence electrons. The van der Waals surface area contributed by atoms with E-state index < -0.39 is 5.97 Å². The minimum absolute atomic E-state index is 0.0213. The first kappa shape index (κ1) is 25.3. The number of esters is 1. The third-order valence-corrected chi connectivity index (χ3v) is 6.11. The molecule has 8 nitrogen and oxygen atoms in total. The zero-order chi connectivity index (χ0) is 24.5. The van der Waals surface area contributed by atoms with Crippen LogP contribution in [-0.4, -0.2) is 58.0 Å². The SMILES string of the molecule is CC1CCCC(C)N1C(=O)CON=C1/C=C/CC/C=C/CCOC(=O)c2c(O)cc(O)cc2C1. The number of phenolic OH excluding ortho intramolecular Hbond substituents is 2. The average Bonchev–Trinajstić information content (AvgIpc) is 2.76. The van der Waals surface area contributed by atoms with Crippen LogP contribution in [-0.2, 0) is 20.8 Å². The summed E-state index contributed by atoms with van der Waals surface area (Å²) >= 11 is 0. The first-order chi connectivity index (χ1) is 16.4. The van der Waals surface area contributed by atoms with Crippen molar-refractivity contribution in [3.63, 3.8) is 0 Å². The summed E-state index contributed by atoms with van der Waals surface area (Å²) < 4.78 is 5.30. The number of aromatic hydroxyl groups is 2. The molecule has 1 saturated heterocycles.